The molecule has 3 N–H and O–H groups in total. The minimum atomic E-state index is -4.56. The van der Waals surface area contributed by atoms with Crippen LogP contribution in [0, 0.1) is 0 Å². The molecule has 0 amide bonds. The molecule has 0 radical (unpaired) electrons. The van der Waals surface area contributed by atoms with Gasteiger partial charge in [0.05, 0.1) is 5.56 Å². The van der Waals surface area contributed by atoms with E-state index in [1.54, 1.807) is 0 Å². The fourth-order valence-corrected chi connectivity index (χ4v) is 0.846. The Morgan fingerprint density at radius 2 is 1.93 bits per heavy atom. The first kappa shape index (κ1) is 13.2. The summed E-state index contributed by atoms with van der Waals surface area (Å²) in [5.41, 5.74) is 0.862. The average molecular weight is 249 g/mol. The van der Waals surface area contributed by atoms with Gasteiger partial charge in [0, 0.05) is 0 Å². The van der Waals surface area contributed by atoms with Gasteiger partial charge in [0.25, 0.3) is 0 Å². The molecule has 1 heterocycles. The van der Waals surface area contributed by atoms with Gasteiger partial charge >= 0.3 is 6.18 Å². The standard InChI is InChI=1S/C5H4ClF3N4.ClH/c6-4-2(5(7,8)9)1-3(11-10)12-13-4;/h1H,10H2,(H,11,12);1H. The van der Waals surface area contributed by atoms with Gasteiger partial charge < -0.3 is 5.43 Å². The molecule has 1 aromatic rings. The molecule has 0 aliphatic carbocycles. The van der Waals surface area contributed by atoms with Crippen LogP contribution in [-0.2, 0) is 6.18 Å². The lowest BCUT2D eigenvalue weighted by atomic mass is 10.3. The van der Waals surface area contributed by atoms with E-state index < -0.39 is 16.9 Å². The van der Waals surface area contributed by atoms with E-state index in [0.29, 0.717) is 6.07 Å². The van der Waals surface area contributed by atoms with Crippen molar-refractivity contribution in [1.29, 1.82) is 0 Å². The number of hydrogen-bond acceptors (Lipinski definition) is 4. The van der Waals surface area contributed by atoms with E-state index in [2.05, 4.69) is 10.2 Å². The fourth-order valence-electron chi connectivity index (χ4n) is 0.646. The number of halogens is 5. The van der Waals surface area contributed by atoms with Crippen molar-refractivity contribution in [2.45, 2.75) is 6.18 Å². The number of nitrogen functional groups attached to an aromatic ring is 1. The maximum atomic E-state index is 12.1. The van der Waals surface area contributed by atoms with Gasteiger partial charge in [0.2, 0.25) is 0 Å². The largest absolute Gasteiger partial charge is 0.419 e. The summed E-state index contributed by atoms with van der Waals surface area (Å²) < 4.78 is 36.4. The summed E-state index contributed by atoms with van der Waals surface area (Å²) in [5, 5.41) is 5.62. The quantitative estimate of drug-likeness (QED) is 0.588. The van der Waals surface area contributed by atoms with Gasteiger partial charge in [-0.25, -0.2) is 5.84 Å². The SMILES string of the molecule is Cl.NNc1cc(C(F)(F)F)c(Cl)nn1. The molecule has 0 fully saturated rings. The average Bonchev–Trinajstić information content (AvgIpc) is 2.03. The zero-order valence-corrected chi connectivity index (χ0v) is 8.04. The molecular weight excluding hydrogens is 244 g/mol. The monoisotopic (exact) mass is 248 g/mol. The minimum absolute atomic E-state index is 0. The van der Waals surface area contributed by atoms with Crippen LogP contribution in [0.1, 0.15) is 5.56 Å². The third-order valence-electron chi connectivity index (χ3n) is 1.20. The molecule has 0 bridgehead atoms. The maximum Gasteiger partial charge on any atom is 0.419 e. The Morgan fingerprint density at radius 1 is 1.36 bits per heavy atom. The number of anilines is 1. The van der Waals surface area contributed by atoms with E-state index in [1.165, 1.54) is 0 Å². The van der Waals surface area contributed by atoms with Crippen molar-refractivity contribution in [3.05, 3.63) is 16.8 Å². The molecule has 0 atom stereocenters. The highest BCUT2D eigenvalue weighted by Gasteiger charge is 2.34. The Hall–Kier alpha value is -0.790. The van der Waals surface area contributed by atoms with Gasteiger partial charge in [-0.3, -0.25) is 0 Å². The van der Waals surface area contributed by atoms with E-state index in [9.17, 15) is 13.2 Å². The Kier molecular flexibility index (Phi) is 4.37. The molecule has 4 nitrogen and oxygen atoms in total. The second-order valence-corrected chi connectivity index (χ2v) is 2.43. The van der Waals surface area contributed by atoms with Crippen molar-refractivity contribution in [2.24, 2.45) is 5.84 Å². The summed E-state index contributed by atoms with van der Waals surface area (Å²) in [4.78, 5) is 0. The first-order chi connectivity index (χ1) is 5.95. The smallest absolute Gasteiger partial charge is 0.307 e. The number of alkyl halides is 3. The molecule has 1 rings (SSSR count). The Labute approximate surface area is 88.0 Å². The highest BCUT2D eigenvalue weighted by atomic mass is 35.5. The van der Waals surface area contributed by atoms with E-state index in [4.69, 9.17) is 17.4 Å². The van der Waals surface area contributed by atoms with Crippen LogP contribution in [-0.4, -0.2) is 10.2 Å². The molecule has 0 saturated heterocycles. The lowest BCUT2D eigenvalue weighted by Crippen LogP contribution is -2.13. The predicted molar refractivity (Wildman–Crippen MR) is 47.1 cm³/mol. The van der Waals surface area contributed by atoms with E-state index in [1.807, 2.05) is 5.43 Å². The Bertz CT molecular complexity index is 316. The topological polar surface area (TPSA) is 63.8 Å². The van der Waals surface area contributed by atoms with Crippen LogP contribution in [0.5, 0.6) is 0 Å². The number of nitrogens with zero attached hydrogens (tertiary/aromatic N) is 2. The molecule has 0 unspecified atom stereocenters. The van der Waals surface area contributed by atoms with Gasteiger partial charge in [0.1, 0.15) is 0 Å². The van der Waals surface area contributed by atoms with Crippen molar-refractivity contribution >= 4 is 29.8 Å². The number of nitrogens with one attached hydrogen (secondary N) is 1. The van der Waals surface area contributed by atoms with Gasteiger partial charge in [-0.15, -0.1) is 22.6 Å². The number of hydrazine groups is 1. The first-order valence-corrected chi connectivity index (χ1v) is 3.40. The van der Waals surface area contributed by atoms with Crippen molar-refractivity contribution in [3.63, 3.8) is 0 Å². The highest BCUT2D eigenvalue weighted by molar-refractivity contribution is 6.30. The van der Waals surface area contributed by atoms with Gasteiger partial charge in [0.15, 0.2) is 11.0 Å². The minimum Gasteiger partial charge on any atom is -0.307 e. The van der Waals surface area contributed by atoms with Crippen LogP contribution in [0.25, 0.3) is 0 Å². The van der Waals surface area contributed by atoms with E-state index in [0.717, 1.165) is 0 Å². The number of nitrogens with two attached hydrogens (primary N) is 1. The van der Waals surface area contributed by atoms with E-state index >= 15 is 0 Å². The predicted octanol–water partition coefficient (Wildman–Crippen LogP) is 1.86. The summed E-state index contributed by atoms with van der Waals surface area (Å²) in [6.45, 7) is 0. The van der Waals surface area contributed by atoms with Crippen LogP contribution in [0.3, 0.4) is 0 Å². The summed E-state index contributed by atoms with van der Waals surface area (Å²) >= 11 is 5.18. The van der Waals surface area contributed by atoms with Crippen LogP contribution in [0.15, 0.2) is 6.07 Å². The van der Waals surface area contributed by atoms with Gasteiger partial charge in [-0.1, -0.05) is 11.6 Å². The Morgan fingerprint density at radius 3 is 2.36 bits per heavy atom. The second-order valence-electron chi connectivity index (χ2n) is 2.08. The fraction of sp³-hybridized carbons (Fsp3) is 0.200. The molecule has 0 aliphatic rings. The summed E-state index contributed by atoms with van der Waals surface area (Å²) in [5.74, 6) is 4.65. The third-order valence-corrected chi connectivity index (χ3v) is 1.48. The summed E-state index contributed by atoms with van der Waals surface area (Å²) in [7, 11) is 0. The molecule has 1 aromatic heterocycles. The zero-order chi connectivity index (χ0) is 10.1. The lowest BCUT2D eigenvalue weighted by molar-refractivity contribution is -0.137. The zero-order valence-electron chi connectivity index (χ0n) is 6.47. The third kappa shape index (κ3) is 2.86. The van der Waals surface area contributed by atoms with Crippen LogP contribution < -0.4 is 11.3 Å². The van der Waals surface area contributed by atoms with Crippen LogP contribution in [0.4, 0.5) is 19.0 Å². The Balaban J connectivity index is 0.00000169. The van der Waals surface area contributed by atoms with Crippen molar-refractivity contribution < 1.29 is 13.2 Å². The number of rotatable bonds is 1. The van der Waals surface area contributed by atoms with Gasteiger partial charge in [-0.2, -0.15) is 13.2 Å². The molecule has 0 saturated carbocycles. The van der Waals surface area contributed by atoms with Crippen LogP contribution in [0.2, 0.25) is 5.15 Å². The first-order valence-electron chi connectivity index (χ1n) is 3.02. The highest BCUT2D eigenvalue weighted by Crippen LogP contribution is 2.33. The lowest BCUT2D eigenvalue weighted by Gasteiger charge is -2.08. The van der Waals surface area contributed by atoms with E-state index in [-0.39, 0.29) is 18.2 Å². The molecule has 0 aliphatic heterocycles. The molecule has 80 valence electrons. The summed E-state index contributed by atoms with van der Waals surface area (Å²) in [6.07, 6.45) is -4.56. The number of aromatic nitrogens is 2. The van der Waals surface area contributed by atoms with Crippen molar-refractivity contribution in [2.75, 3.05) is 5.43 Å². The maximum absolute atomic E-state index is 12.1. The van der Waals surface area contributed by atoms with Gasteiger partial charge in [-0.05, 0) is 6.07 Å². The molecule has 14 heavy (non-hydrogen) atoms. The summed E-state index contributed by atoms with van der Waals surface area (Å²) in [6, 6.07) is 0.676. The second kappa shape index (κ2) is 4.63. The van der Waals surface area contributed by atoms with Crippen molar-refractivity contribution in [1.82, 2.24) is 10.2 Å². The molecule has 9 heteroatoms. The number of hydrogen-bond donors (Lipinski definition) is 2. The van der Waals surface area contributed by atoms with Crippen LogP contribution >= 0.6 is 24.0 Å². The normalized spacial score (nSPS) is 10.6. The molecule has 0 aromatic carbocycles. The molecule has 0 spiro atoms. The molecular formula is C5H5Cl2F3N4. The van der Waals surface area contributed by atoms with Crippen molar-refractivity contribution in [3.8, 4) is 0 Å².